The Balaban J connectivity index is 1.83. The van der Waals surface area contributed by atoms with Gasteiger partial charge in [-0.05, 0) is 36.2 Å². The molecule has 1 heterocycles. The summed E-state index contributed by atoms with van der Waals surface area (Å²) in [6.45, 7) is 2.72. The van der Waals surface area contributed by atoms with Crippen molar-refractivity contribution in [3.63, 3.8) is 0 Å². The van der Waals surface area contributed by atoms with Crippen LogP contribution in [0.25, 0.3) is 0 Å². The minimum atomic E-state index is 0.113. The molecule has 0 fully saturated rings. The third-order valence-electron chi connectivity index (χ3n) is 3.10. The van der Waals surface area contributed by atoms with E-state index < -0.39 is 0 Å². The lowest BCUT2D eigenvalue weighted by molar-refractivity contribution is 0.320. The lowest BCUT2D eigenvalue weighted by Crippen LogP contribution is -2.08. The zero-order chi connectivity index (χ0) is 13.5. The fourth-order valence-corrected chi connectivity index (χ4v) is 1.87. The molecule has 0 amide bonds. The normalized spacial score (nSPS) is 12.1. The zero-order valence-electron chi connectivity index (χ0n) is 11.3. The molecule has 0 saturated carbocycles. The molecule has 1 atom stereocenters. The van der Waals surface area contributed by atoms with Crippen molar-refractivity contribution in [3.05, 3.63) is 59.9 Å². The number of pyridine rings is 1. The van der Waals surface area contributed by atoms with Crippen molar-refractivity contribution >= 4 is 0 Å². The standard InChI is InChI=1S/C16H20N2O/c1-2-16(17)13-6-8-15(9-7-13)19-12-10-14-5-3-4-11-18-14/h3-9,11,16H,2,10,12,17H2,1H3/t16-/m0/s1. The first-order valence-electron chi connectivity index (χ1n) is 6.68. The SMILES string of the molecule is CC[C@H](N)c1ccc(OCCc2ccccn2)cc1. The number of nitrogens with two attached hydrogens (primary N) is 1. The molecule has 0 aliphatic carbocycles. The Bertz CT molecular complexity index is 482. The number of hydrogen-bond acceptors (Lipinski definition) is 3. The summed E-state index contributed by atoms with van der Waals surface area (Å²) >= 11 is 0. The predicted octanol–water partition coefficient (Wildman–Crippen LogP) is 3.11. The Kier molecular flexibility index (Phi) is 4.93. The van der Waals surface area contributed by atoms with Gasteiger partial charge in [0.05, 0.1) is 6.61 Å². The van der Waals surface area contributed by atoms with Gasteiger partial charge >= 0.3 is 0 Å². The third kappa shape index (κ3) is 4.07. The van der Waals surface area contributed by atoms with E-state index in [1.807, 2.05) is 42.5 Å². The fourth-order valence-electron chi connectivity index (χ4n) is 1.87. The van der Waals surface area contributed by atoms with E-state index in [1.165, 1.54) is 0 Å². The Labute approximate surface area is 114 Å². The third-order valence-corrected chi connectivity index (χ3v) is 3.10. The van der Waals surface area contributed by atoms with Crippen molar-refractivity contribution in [2.24, 2.45) is 5.73 Å². The molecular weight excluding hydrogens is 236 g/mol. The van der Waals surface area contributed by atoms with Gasteiger partial charge in [0, 0.05) is 24.4 Å². The average molecular weight is 256 g/mol. The molecule has 1 aromatic carbocycles. The molecule has 100 valence electrons. The summed E-state index contributed by atoms with van der Waals surface area (Å²) in [5.41, 5.74) is 8.17. The minimum Gasteiger partial charge on any atom is -0.493 e. The fraction of sp³-hybridized carbons (Fsp3) is 0.312. The van der Waals surface area contributed by atoms with E-state index in [0.717, 1.165) is 29.8 Å². The molecule has 0 aliphatic rings. The number of aromatic nitrogens is 1. The van der Waals surface area contributed by atoms with Crippen LogP contribution in [0.2, 0.25) is 0 Å². The lowest BCUT2D eigenvalue weighted by atomic mass is 10.1. The molecular formula is C16H20N2O. The topological polar surface area (TPSA) is 48.1 Å². The Hall–Kier alpha value is -1.87. The summed E-state index contributed by atoms with van der Waals surface area (Å²) in [6, 6.07) is 14.0. The number of nitrogens with zero attached hydrogens (tertiary/aromatic N) is 1. The first-order chi connectivity index (χ1) is 9.29. The maximum Gasteiger partial charge on any atom is 0.119 e. The summed E-state index contributed by atoms with van der Waals surface area (Å²) in [4.78, 5) is 4.26. The first kappa shape index (κ1) is 13.6. The second-order valence-electron chi connectivity index (χ2n) is 4.50. The van der Waals surface area contributed by atoms with E-state index in [4.69, 9.17) is 10.5 Å². The van der Waals surface area contributed by atoms with Crippen LogP contribution in [0.3, 0.4) is 0 Å². The minimum absolute atomic E-state index is 0.113. The molecule has 19 heavy (non-hydrogen) atoms. The molecule has 1 aromatic heterocycles. The van der Waals surface area contributed by atoms with Gasteiger partial charge in [0.2, 0.25) is 0 Å². The van der Waals surface area contributed by atoms with E-state index in [1.54, 1.807) is 6.20 Å². The summed E-state index contributed by atoms with van der Waals surface area (Å²) in [5.74, 6) is 0.878. The van der Waals surface area contributed by atoms with Crippen LogP contribution in [0, 0.1) is 0 Å². The van der Waals surface area contributed by atoms with E-state index in [-0.39, 0.29) is 6.04 Å². The second-order valence-corrected chi connectivity index (χ2v) is 4.50. The van der Waals surface area contributed by atoms with Gasteiger partial charge in [-0.3, -0.25) is 4.98 Å². The molecule has 2 N–H and O–H groups in total. The van der Waals surface area contributed by atoms with Crippen molar-refractivity contribution < 1.29 is 4.74 Å². The second kappa shape index (κ2) is 6.90. The van der Waals surface area contributed by atoms with Crippen LogP contribution < -0.4 is 10.5 Å². The highest BCUT2D eigenvalue weighted by molar-refractivity contribution is 5.29. The largest absolute Gasteiger partial charge is 0.493 e. The molecule has 0 aliphatic heterocycles. The van der Waals surface area contributed by atoms with Gasteiger partial charge in [-0.1, -0.05) is 25.1 Å². The van der Waals surface area contributed by atoms with Crippen molar-refractivity contribution in [2.75, 3.05) is 6.61 Å². The lowest BCUT2D eigenvalue weighted by Gasteiger charge is -2.10. The quantitative estimate of drug-likeness (QED) is 0.864. The molecule has 2 aromatic rings. The van der Waals surface area contributed by atoms with Crippen LogP contribution in [0.15, 0.2) is 48.7 Å². The van der Waals surface area contributed by atoms with Gasteiger partial charge in [-0.25, -0.2) is 0 Å². The van der Waals surface area contributed by atoms with Crippen LogP contribution in [0.4, 0.5) is 0 Å². The van der Waals surface area contributed by atoms with Gasteiger partial charge in [0.25, 0.3) is 0 Å². The van der Waals surface area contributed by atoms with E-state index in [0.29, 0.717) is 6.61 Å². The molecule has 3 nitrogen and oxygen atoms in total. The van der Waals surface area contributed by atoms with Crippen molar-refractivity contribution in [1.29, 1.82) is 0 Å². The predicted molar refractivity (Wildman–Crippen MR) is 77.1 cm³/mol. The maximum atomic E-state index is 5.97. The van der Waals surface area contributed by atoms with Gasteiger partial charge in [-0.2, -0.15) is 0 Å². The Morgan fingerprint density at radius 3 is 2.58 bits per heavy atom. The summed E-state index contributed by atoms with van der Waals surface area (Å²) in [6.07, 6.45) is 3.56. The Morgan fingerprint density at radius 2 is 1.95 bits per heavy atom. The maximum absolute atomic E-state index is 5.97. The Morgan fingerprint density at radius 1 is 1.16 bits per heavy atom. The average Bonchev–Trinajstić information content (AvgIpc) is 2.48. The van der Waals surface area contributed by atoms with Crippen LogP contribution in [0.1, 0.15) is 30.6 Å². The van der Waals surface area contributed by atoms with Crippen LogP contribution >= 0.6 is 0 Å². The van der Waals surface area contributed by atoms with Crippen LogP contribution in [0.5, 0.6) is 5.75 Å². The van der Waals surface area contributed by atoms with Crippen LogP contribution in [-0.4, -0.2) is 11.6 Å². The molecule has 3 heteroatoms. The van der Waals surface area contributed by atoms with E-state index in [9.17, 15) is 0 Å². The number of hydrogen-bond donors (Lipinski definition) is 1. The number of rotatable bonds is 6. The summed E-state index contributed by atoms with van der Waals surface area (Å²) < 4.78 is 5.70. The molecule has 0 bridgehead atoms. The summed E-state index contributed by atoms with van der Waals surface area (Å²) in [5, 5.41) is 0. The molecule has 2 rings (SSSR count). The van der Waals surface area contributed by atoms with E-state index >= 15 is 0 Å². The van der Waals surface area contributed by atoms with Gasteiger partial charge in [0.15, 0.2) is 0 Å². The summed E-state index contributed by atoms with van der Waals surface area (Å²) in [7, 11) is 0. The van der Waals surface area contributed by atoms with Crippen molar-refractivity contribution in [1.82, 2.24) is 4.98 Å². The highest BCUT2D eigenvalue weighted by Gasteiger charge is 2.03. The van der Waals surface area contributed by atoms with Gasteiger partial charge in [0.1, 0.15) is 5.75 Å². The first-order valence-corrected chi connectivity index (χ1v) is 6.68. The monoisotopic (exact) mass is 256 g/mol. The van der Waals surface area contributed by atoms with Gasteiger partial charge < -0.3 is 10.5 Å². The molecule has 0 saturated heterocycles. The van der Waals surface area contributed by atoms with Crippen molar-refractivity contribution in [2.45, 2.75) is 25.8 Å². The highest BCUT2D eigenvalue weighted by atomic mass is 16.5. The number of benzene rings is 1. The number of ether oxygens (including phenoxy) is 1. The smallest absolute Gasteiger partial charge is 0.119 e. The molecule has 0 unspecified atom stereocenters. The van der Waals surface area contributed by atoms with Gasteiger partial charge in [-0.15, -0.1) is 0 Å². The van der Waals surface area contributed by atoms with E-state index in [2.05, 4.69) is 11.9 Å². The molecule has 0 radical (unpaired) electrons. The zero-order valence-corrected chi connectivity index (χ0v) is 11.3. The highest BCUT2D eigenvalue weighted by Crippen LogP contribution is 2.18. The van der Waals surface area contributed by atoms with Crippen LogP contribution in [-0.2, 0) is 6.42 Å². The van der Waals surface area contributed by atoms with Crippen molar-refractivity contribution in [3.8, 4) is 5.75 Å². The molecule has 0 spiro atoms.